The molecule has 4 heteroatoms. The third kappa shape index (κ3) is 5.46. The van der Waals surface area contributed by atoms with E-state index < -0.39 is 0 Å². The number of hydrogen-bond donors (Lipinski definition) is 1. The van der Waals surface area contributed by atoms with Gasteiger partial charge in [0.25, 0.3) is 0 Å². The van der Waals surface area contributed by atoms with E-state index in [0.29, 0.717) is 12.0 Å². The fourth-order valence-corrected chi connectivity index (χ4v) is 2.78. The Balaban J connectivity index is 1.88. The minimum atomic E-state index is 0.315. The van der Waals surface area contributed by atoms with Crippen molar-refractivity contribution in [2.24, 2.45) is 5.92 Å². The van der Waals surface area contributed by atoms with Crippen LogP contribution < -0.4 is 5.32 Å². The third-order valence-electron chi connectivity index (χ3n) is 3.86. The number of rotatable bonds is 6. The normalized spacial score (nSPS) is 20.9. The highest BCUT2D eigenvalue weighted by Crippen LogP contribution is 2.18. The summed E-state index contributed by atoms with van der Waals surface area (Å²) in [6.45, 7) is 14.4. The average molecular weight is 294 g/mol. The van der Waals surface area contributed by atoms with Gasteiger partial charge in [-0.1, -0.05) is 13.8 Å². The second kappa shape index (κ2) is 7.97. The van der Waals surface area contributed by atoms with Gasteiger partial charge in [-0.05, 0) is 38.8 Å². The van der Waals surface area contributed by atoms with Crippen LogP contribution in [0.15, 0.2) is 10.5 Å². The van der Waals surface area contributed by atoms with Crippen LogP contribution in [-0.2, 0) is 17.8 Å². The minimum absolute atomic E-state index is 0.315. The molecule has 0 aliphatic carbocycles. The number of furan rings is 1. The first kappa shape index (κ1) is 16.5. The molecule has 1 N–H and O–H groups in total. The van der Waals surface area contributed by atoms with Crippen LogP contribution >= 0.6 is 0 Å². The molecule has 0 aromatic carbocycles. The number of aryl methyl sites for hydroxylation is 1. The molecule has 1 atom stereocenters. The lowest BCUT2D eigenvalue weighted by molar-refractivity contribution is 0.0658. The quantitative estimate of drug-likeness (QED) is 0.875. The zero-order valence-electron chi connectivity index (χ0n) is 13.9. The van der Waals surface area contributed by atoms with Crippen LogP contribution in [0.4, 0.5) is 0 Å². The Morgan fingerprint density at radius 2 is 2.24 bits per heavy atom. The van der Waals surface area contributed by atoms with Crippen molar-refractivity contribution in [1.82, 2.24) is 10.2 Å². The summed E-state index contributed by atoms with van der Waals surface area (Å²) in [5.74, 6) is 2.79. The number of ether oxygens (including phenoxy) is 1. The molecule has 2 heterocycles. The Labute approximate surface area is 128 Å². The molecule has 1 unspecified atom stereocenters. The van der Waals surface area contributed by atoms with Crippen LogP contribution in [-0.4, -0.2) is 37.2 Å². The third-order valence-corrected chi connectivity index (χ3v) is 3.86. The molecule has 1 aliphatic rings. The fourth-order valence-electron chi connectivity index (χ4n) is 2.78. The molecular weight excluding hydrogens is 264 g/mol. The SMILES string of the molecule is Cc1oc(CN2CCCOC(C)C2)cc1CNCC(C)C. The molecule has 0 amide bonds. The zero-order chi connectivity index (χ0) is 15.2. The van der Waals surface area contributed by atoms with Gasteiger partial charge in [0.05, 0.1) is 12.6 Å². The predicted octanol–water partition coefficient (Wildman–Crippen LogP) is 2.94. The largest absolute Gasteiger partial charge is 0.465 e. The second-order valence-electron chi connectivity index (χ2n) is 6.59. The molecule has 21 heavy (non-hydrogen) atoms. The highest BCUT2D eigenvalue weighted by Gasteiger charge is 2.17. The second-order valence-corrected chi connectivity index (χ2v) is 6.59. The molecule has 0 spiro atoms. The molecule has 4 nitrogen and oxygen atoms in total. The van der Waals surface area contributed by atoms with Gasteiger partial charge in [-0.3, -0.25) is 4.90 Å². The van der Waals surface area contributed by atoms with Gasteiger partial charge in [0, 0.05) is 31.8 Å². The number of nitrogens with zero attached hydrogens (tertiary/aromatic N) is 1. The van der Waals surface area contributed by atoms with E-state index in [1.807, 2.05) is 0 Å². The van der Waals surface area contributed by atoms with Crippen molar-refractivity contribution in [3.8, 4) is 0 Å². The van der Waals surface area contributed by atoms with Gasteiger partial charge in [0.2, 0.25) is 0 Å². The lowest BCUT2D eigenvalue weighted by Crippen LogP contribution is -2.29. The van der Waals surface area contributed by atoms with Crippen molar-refractivity contribution in [2.75, 3.05) is 26.2 Å². The van der Waals surface area contributed by atoms with Gasteiger partial charge in [-0.25, -0.2) is 0 Å². The highest BCUT2D eigenvalue weighted by atomic mass is 16.5. The monoisotopic (exact) mass is 294 g/mol. The Bertz CT molecular complexity index is 428. The Morgan fingerprint density at radius 3 is 3.00 bits per heavy atom. The minimum Gasteiger partial charge on any atom is -0.465 e. The van der Waals surface area contributed by atoms with E-state index in [4.69, 9.17) is 9.15 Å². The smallest absolute Gasteiger partial charge is 0.118 e. The van der Waals surface area contributed by atoms with Crippen molar-refractivity contribution < 1.29 is 9.15 Å². The molecule has 120 valence electrons. The Morgan fingerprint density at radius 1 is 1.43 bits per heavy atom. The Hall–Kier alpha value is -0.840. The average Bonchev–Trinajstić information content (AvgIpc) is 2.61. The van der Waals surface area contributed by atoms with Crippen LogP contribution in [0.3, 0.4) is 0 Å². The first-order chi connectivity index (χ1) is 10.0. The molecule has 2 rings (SSSR count). The van der Waals surface area contributed by atoms with E-state index in [-0.39, 0.29) is 0 Å². The molecule has 0 radical (unpaired) electrons. The van der Waals surface area contributed by atoms with Crippen LogP contribution in [0.25, 0.3) is 0 Å². The van der Waals surface area contributed by atoms with Gasteiger partial charge in [0.1, 0.15) is 11.5 Å². The molecular formula is C17H30N2O2. The fraction of sp³-hybridized carbons (Fsp3) is 0.765. The first-order valence-corrected chi connectivity index (χ1v) is 8.17. The number of hydrogen-bond acceptors (Lipinski definition) is 4. The van der Waals surface area contributed by atoms with E-state index in [9.17, 15) is 0 Å². The lowest BCUT2D eigenvalue weighted by Gasteiger charge is -2.20. The summed E-state index contributed by atoms with van der Waals surface area (Å²) in [4.78, 5) is 2.43. The van der Waals surface area contributed by atoms with E-state index in [2.05, 4.69) is 44.0 Å². The number of nitrogens with one attached hydrogen (secondary N) is 1. The van der Waals surface area contributed by atoms with Crippen molar-refractivity contribution in [2.45, 2.75) is 53.3 Å². The van der Waals surface area contributed by atoms with Crippen LogP contribution in [0.1, 0.15) is 44.3 Å². The maximum atomic E-state index is 5.93. The van der Waals surface area contributed by atoms with Crippen molar-refractivity contribution >= 4 is 0 Å². The lowest BCUT2D eigenvalue weighted by atomic mass is 10.2. The summed E-state index contributed by atoms with van der Waals surface area (Å²) in [7, 11) is 0. The van der Waals surface area contributed by atoms with Crippen molar-refractivity contribution in [1.29, 1.82) is 0 Å². The maximum absolute atomic E-state index is 5.93. The Kier molecular flexibility index (Phi) is 6.27. The molecule has 1 fully saturated rings. The molecule has 1 aromatic heterocycles. The van der Waals surface area contributed by atoms with Crippen LogP contribution in [0, 0.1) is 12.8 Å². The van der Waals surface area contributed by atoms with E-state index in [1.165, 1.54) is 5.56 Å². The summed E-state index contributed by atoms with van der Waals surface area (Å²) in [6, 6.07) is 2.21. The summed E-state index contributed by atoms with van der Waals surface area (Å²) < 4.78 is 11.6. The van der Waals surface area contributed by atoms with Gasteiger partial charge in [-0.15, -0.1) is 0 Å². The van der Waals surface area contributed by atoms with Crippen molar-refractivity contribution in [3.05, 3.63) is 23.2 Å². The zero-order valence-corrected chi connectivity index (χ0v) is 13.9. The standard InChI is InChI=1S/C17H30N2O2/c1-13(2)9-18-10-16-8-17(21-15(16)4)12-19-6-5-7-20-14(3)11-19/h8,13-14,18H,5-7,9-12H2,1-4H3. The van der Waals surface area contributed by atoms with Gasteiger partial charge < -0.3 is 14.5 Å². The molecule has 1 saturated heterocycles. The van der Waals surface area contributed by atoms with Gasteiger partial charge in [-0.2, -0.15) is 0 Å². The highest BCUT2D eigenvalue weighted by molar-refractivity contribution is 5.20. The molecule has 0 bridgehead atoms. The maximum Gasteiger partial charge on any atom is 0.118 e. The first-order valence-electron chi connectivity index (χ1n) is 8.17. The van der Waals surface area contributed by atoms with E-state index >= 15 is 0 Å². The molecule has 1 aliphatic heterocycles. The molecule has 1 aromatic rings. The van der Waals surface area contributed by atoms with E-state index in [0.717, 1.165) is 57.3 Å². The van der Waals surface area contributed by atoms with E-state index in [1.54, 1.807) is 0 Å². The summed E-state index contributed by atoms with van der Waals surface area (Å²) in [6.07, 6.45) is 1.42. The van der Waals surface area contributed by atoms with Gasteiger partial charge >= 0.3 is 0 Å². The topological polar surface area (TPSA) is 37.6 Å². The van der Waals surface area contributed by atoms with Gasteiger partial charge in [0.15, 0.2) is 0 Å². The summed E-state index contributed by atoms with van der Waals surface area (Å²) in [5.41, 5.74) is 1.28. The molecule has 0 saturated carbocycles. The summed E-state index contributed by atoms with van der Waals surface area (Å²) >= 11 is 0. The summed E-state index contributed by atoms with van der Waals surface area (Å²) in [5, 5.41) is 3.48. The van der Waals surface area contributed by atoms with Crippen LogP contribution in [0.2, 0.25) is 0 Å². The van der Waals surface area contributed by atoms with Crippen molar-refractivity contribution in [3.63, 3.8) is 0 Å². The predicted molar refractivity (Wildman–Crippen MR) is 85.3 cm³/mol. The van der Waals surface area contributed by atoms with Crippen LogP contribution in [0.5, 0.6) is 0 Å².